The second kappa shape index (κ2) is 2.91. The summed E-state index contributed by atoms with van der Waals surface area (Å²) in [5, 5.41) is 0. The van der Waals surface area contributed by atoms with Gasteiger partial charge in [-0.1, -0.05) is 26.2 Å². The topological polar surface area (TPSA) is 12.5 Å². The van der Waals surface area contributed by atoms with Gasteiger partial charge in [0.1, 0.15) is 0 Å². The zero-order chi connectivity index (χ0) is 7.61. The Bertz CT molecular complexity index is 107. The fourth-order valence-corrected chi connectivity index (χ4v) is 1.25. The molecular formula is C9H17O. The molecule has 1 radical (unpaired) electrons. The number of hydrogen-bond donors (Lipinski definition) is 0. The lowest BCUT2D eigenvalue weighted by molar-refractivity contribution is 0.318. The summed E-state index contributed by atoms with van der Waals surface area (Å²) in [5.74, 6) is 0. The molecule has 1 saturated heterocycles. The second-order valence-electron chi connectivity index (χ2n) is 3.56. The Hall–Kier alpha value is -0.0400. The quantitative estimate of drug-likeness (QED) is 0.433. The molecule has 1 nitrogen and oxygen atoms in total. The van der Waals surface area contributed by atoms with Gasteiger partial charge >= 0.3 is 0 Å². The van der Waals surface area contributed by atoms with Crippen molar-refractivity contribution in [2.45, 2.75) is 51.2 Å². The zero-order valence-electron chi connectivity index (χ0n) is 7.02. The SMILES string of the molecule is [CH2]CCCCC1OC1(C)C. The van der Waals surface area contributed by atoms with E-state index >= 15 is 0 Å². The predicted molar refractivity (Wildman–Crippen MR) is 42.8 cm³/mol. The van der Waals surface area contributed by atoms with E-state index in [4.69, 9.17) is 4.74 Å². The van der Waals surface area contributed by atoms with Crippen molar-refractivity contribution < 1.29 is 4.74 Å². The third-order valence-electron chi connectivity index (χ3n) is 2.13. The summed E-state index contributed by atoms with van der Waals surface area (Å²) in [6.45, 7) is 8.11. The largest absolute Gasteiger partial charge is 0.367 e. The molecule has 0 aromatic heterocycles. The molecule has 1 unspecified atom stereocenters. The van der Waals surface area contributed by atoms with Crippen molar-refractivity contribution in [3.8, 4) is 0 Å². The van der Waals surface area contributed by atoms with Gasteiger partial charge in [0.2, 0.25) is 0 Å². The zero-order valence-corrected chi connectivity index (χ0v) is 7.02. The van der Waals surface area contributed by atoms with Crippen molar-refractivity contribution in [3.05, 3.63) is 6.92 Å². The fraction of sp³-hybridized carbons (Fsp3) is 0.889. The minimum Gasteiger partial charge on any atom is -0.367 e. The van der Waals surface area contributed by atoms with Gasteiger partial charge in [-0.15, -0.1) is 0 Å². The van der Waals surface area contributed by atoms with E-state index < -0.39 is 0 Å². The molecule has 0 spiro atoms. The van der Waals surface area contributed by atoms with Crippen molar-refractivity contribution >= 4 is 0 Å². The van der Waals surface area contributed by atoms with Crippen LogP contribution < -0.4 is 0 Å². The lowest BCUT2D eigenvalue weighted by atomic mass is 10.1. The molecular weight excluding hydrogens is 124 g/mol. The Morgan fingerprint density at radius 3 is 2.40 bits per heavy atom. The van der Waals surface area contributed by atoms with Gasteiger partial charge in [0.25, 0.3) is 0 Å². The van der Waals surface area contributed by atoms with Gasteiger partial charge in [0.15, 0.2) is 0 Å². The van der Waals surface area contributed by atoms with E-state index in [1.807, 2.05) is 0 Å². The van der Waals surface area contributed by atoms with Gasteiger partial charge in [0.05, 0.1) is 11.7 Å². The normalized spacial score (nSPS) is 28.5. The van der Waals surface area contributed by atoms with Gasteiger partial charge in [0, 0.05) is 0 Å². The first-order chi connectivity index (χ1) is 4.67. The highest BCUT2D eigenvalue weighted by molar-refractivity contribution is 4.94. The molecule has 1 aliphatic heterocycles. The summed E-state index contributed by atoms with van der Waals surface area (Å²) in [7, 11) is 0. The first-order valence-electron chi connectivity index (χ1n) is 4.14. The van der Waals surface area contributed by atoms with Gasteiger partial charge in [-0.2, -0.15) is 0 Å². The van der Waals surface area contributed by atoms with Gasteiger partial charge in [-0.05, 0) is 20.3 Å². The maximum absolute atomic E-state index is 5.43. The van der Waals surface area contributed by atoms with E-state index in [0.717, 1.165) is 6.42 Å². The molecule has 1 atom stereocenters. The average molecular weight is 141 g/mol. The van der Waals surface area contributed by atoms with Gasteiger partial charge in [-0.3, -0.25) is 0 Å². The maximum Gasteiger partial charge on any atom is 0.0892 e. The maximum atomic E-state index is 5.43. The van der Waals surface area contributed by atoms with Crippen LogP contribution in [-0.2, 0) is 4.74 Å². The highest BCUT2D eigenvalue weighted by Gasteiger charge is 2.46. The summed E-state index contributed by atoms with van der Waals surface area (Å²) in [6, 6.07) is 0. The van der Waals surface area contributed by atoms with E-state index in [0.29, 0.717) is 6.10 Å². The number of epoxide rings is 1. The molecule has 0 amide bonds. The molecule has 0 bridgehead atoms. The van der Waals surface area contributed by atoms with Crippen LogP contribution >= 0.6 is 0 Å². The smallest absolute Gasteiger partial charge is 0.0892 e. The fourth-order valence-electron chi connectivity index (χ4n) is 1.25. The van der Waals surface area contributed by atoms with E-state index in [1.54, 1.807) is 0 Å². The molecule has 59 valence electrons. The summed E-state index contributed by atoms with van der Waals surface area (Å²) in [5.41, 5.74) is 0.196. The van der Waals surface area contributed by atoms with E-state index in [-0.39, 0.29) is 5.60 Å². The molecule has 0 aromatic carbocycles. The molecule has 0 saturated carbocycles. The second-order valence-corrected chi connectivity index (χ2v) is 3.56. The molecule has 10 heavy (non-hydrogen) atoms. The first kappa shape index (κ1) is 8.06. The van der Waals surface area contributed by atoms with Crippen molar-refractivity contribution in [2.24, 2.45) is 0 Å². The highest BCUT2D eigenvalue weighted by atomic mass is 16.6. The van der Waals surface area contributed by atoms with E-state index in [1.165, 1.54) is 19.3 Å². The van der Waals surface area contributed by atoms with E-state index in [9.17, 15) is 0 Å². The Kier molecular flexibility index (Phi) is 2.35. The Morgan fingerprint density at radius 1 is 1.40 bits per heavy atom. The summed E-state index contributed by atoms with van der Waals surface area (Å²) in [6.07, 6.45) is 5.35. The monoisotopic (exact) mass is 141 g/mol. The van der Waals surface area contributed by atoms with Crippen LogP contribution in [0.4, 0.5) is 0 Å². The average Bonchev–Trinajstić information content (AvgIpc) is 2.41. The number of unbranched alkanes of at least 4 members (excludes halogenated alkanes) is 2. The third kappa shape index (κ3) is 1.98. The molecule has 1 rings (SSSR count). The van der Waals surface area contributed by atoms with Crippen LogP contribution in [-0.4, -0.2) is 11.7 Å². The lowest BCUT2D eigenvalue weighted by Crippen LogP contribution is -2.02. The van der Waals surface area contributed by atoms with Gasteiger partial charge in [-0.25, -0.2) is 0 Å². The minimum absolute atomic E-state index is 0.196. The third-order valence-corrected chi connectivity index (χ3v) is 2.13. The Balaban J connectivity index is 1.97. The molecule has 1 fully saturated rings. The molecule has 0 aliphatic carbocycles. The molecule has 0 N–H and O–H groups in total. The van der Waals surface area contributed by atoms with Crippen LogP contribution in [0.25, 0.3) is 0 Å². The number of ether oxygens (including phenoxy) is 1. The van der Waals surface area contributed by atoms with Crippen LogP contribution in [0.15, 0.2) is 0 Å². The first-order valence-corrected chi connectivity index (χ1v) is 4.14. The standard InChI is InChI=1S/C9H17O/c1-4-5-6-7-8-9(2,3)10-8/h8H,1,4-7H2,2-3H3. The van der Waals surface area contributed by atoms with E-state index in [2.05, 4.69) is 20.8 Å². The summed E-state index contributed by atoms with van der Waals surface area (Å²) in [4.78, 5) is 0. The molecule has 1 aliphatic rings. The summed E-state index contributed by atoms with van der Waals surface area (Å²) < 4.78 is 5.43. The van der Waals surface area contributed by atoms with Crippen LogP contribution in [0.2, 0.25) is 0 Å². The summed E-state index contributed by atoms with van der Waals surface area (Å²) >= 11 is 0. The van der Waals surface area contributed by atoms with Crippen LogP contribution in [0.1, 0.15) is 39.5 Å². The Labute approximate surface area is 63.8 Å². The van der Waals surface area contributed by atoms with Crippen molar-refractivity contribution in [3.63, 3.8) is 0 Å². The van der Waals surface area contributed by atoms with Crippen molar-refractivity contribution in [2.75, 3.05) is 0 Å². The van der Waals surface area contributed by atoms with Crippen LogP contribution in [0, 0.1) is 6.92 Å². The molecule has 1 heteroatoms. The highest BCUT2D eigenvalue weighted by Crippen LogP contribution is 2.38. The predicted octanol–water partition coefficient (Wildman–Crippen LogP) is 2.56. The van der Waals surface area contributed by atoms with Crippen molar-refractivity contribution in [1.82, 2.24) is 0 Å². The van der Waals surface area contributed by atoms with Crippen LogP contribution in [0.5, 0.6) is 0 Å². The van der Waals surface area contributed by atoms with Crippen LogP contribution in [0.3, 0.4) is 0 Å². The number of rotatable bonds is 4. The van der Waals surface area contributed by atoms with Gasteiger partial charge < -0.3 is 4.74 Å². The number of hydrogen-bond acceptors (Lipinski definition) is 1. The lowest BCUT2D eigenvalue weighted by Gasteiger charge is -1.95. The minimum atomic E-state index is 0.196. The Morgan fingerprint density at radius 2 is 2.00 bits per heavy atom. The van der Waals surface area contributed by atoms with Crippen molar-refractivity contribution in [1.29, 1.82) is 0 Å². The molecule has 0 aromatic rings. The molecule has 1 heterocycles.